The number of hydrogen-bond donors (Lipinski definition) is 2. The first-order chi connectivity index (χ1) is 9.65. The second kappa shape index (κ2) is 4.77. The highest BCUT2D eigenvalue weighted by Gasteiger charge is 2.15. The van der Waals surface area contributed by atoms with E-state index in [2.05, 4.69) is 15.5 Å². The smallest absolute Gasteiger partial charge is 0.276 e. The van der Waals surface area contributed by atoms with Crippen LogP contribution in [0.3, 0.4) is 0 Å². The number of carbonyl (C=O) groups excluding carboxylic acids is 1. The van der Waals surface area contributed by atoms with E-state index in [1.165, 1.54) is 12.1 Å². The Kier molecular flexibility index (Phi) is 2.95. The third-order valence-corrected chi connectivity index (χ3v) is 3.06. The van der Waals surface area contributed by atoms with Crippen molar-refractivity contribution >= 4 is 22.5 Å². The predicted molar refractivity (Wildman–Crippen MR) is 75.2 cm³/mol. The number of aromatic amines is 1. The van der Waals surface area contributed by atoms with Crippen molar-refractivity contribution in [3.63, 3.8) is 0 Å². The van der Waals surface area contributed by atoms with Crippen LogP contribution in [0.15, 0.2) is 42.5 Å². The van der Waals surface area contributed by atoms with Crippen LogP contribution in [0.1, 0.15) is 16.1 Å². The number of H-pyrrole nitrogens is 1. The van der Waals surface area contributed by atoms with E-state index in [1.807, 2.05) is 18.2 Å². The van der Waals surface area contributed by atoms with E-state index in [-0.39, 0.29) is 11.4 Å². The molecule has 0 saturated carbocycles. The van der Waals surface area contributed by atoms with Gasteiger partial charge in [0.1, 0.15) is 5.82 Å². The van der Waals surface area contributed by atoms with Gasteiger partial charge in [-0.25, -0.2) is 4.39 Å². The Bertz CT molecular complexity index is 795. The van der Waals surface area contributed by atoms with Crippen LogP contribution >= 0.6 is 0 Å². The molecule has 100 valence electrons. The highest BCUT2D eigenvalue weighted by molar-refractivity contribution is 6.11. The Balaban J connectivity index is 1.93. The number of rotatable bonds is 2. The average Bonchev–Trinajstić information content (AvgIpc) is 2.86. The van der Waals surface area contributed by atoms with Crippen molar-refractivity contribution in [1.29, 1.82) is 0 Å². The van der Waals surface area contributed by atoms with Crippen molar-refractivity contribution in [1.82, 2.24) is 10.2 Å². The second-order valence-corrected chi connectivity index (χ2v) is 4.56. The summed E-state index contributed by atoms with van der Waals surface area (Å²) in [6, 6.07) is 11.9. The van der Waals surface area contributed by atoms with Crippen LogP contribution in [-0.2, 0) is 0 Å². The molecule has 2 N–H and O–H groups in total. The summed E-state index contributed by atoms with van der Waals surface area (Å²) in [6.45, 7) is 1.79. The number of nitrogens with zero attached hydrogens (tertiary/aromatic N) is 1. The lowest BCUT2D eigenvalue weighted by atomic mass is 10.2. The minimum Gasteiger partial charge on any atom is -0.318 e. The number of hydrogen-bond acceptors (Lipinski definition) is 2. The molecule has 1 heterocycles. The lowest BCUT2D eigenvalue weighted by Gasteiger charge is -2.05. The Morgan fingerprint density at radius 3 is 2.85 bits per heavy atom. The van der Waals surface area contributed by atoms with Gasteiger partial charge in [-0.05, 0) is 30.7 Å². The number of halogens is 1. The molecular weight excluding hydrogens is 257 g/mol. The molecule has 5 heteroatoms. The highest BCUT2D eigenvalue weighted by Crippen LogP contribution is 2.19. The van der Waals surface area contributed by atoms with Gasteiger partial charge in [0.25, 0.3) is 5.91 Å². The number of nitrogens with one attached hydrogen (secondary N) is 2. The van der Waals surface area contributed by atoms with Crippen molar-refractivity contribution in [2.45, 2.75) is 6.92 Å². The fourth-order valence-electron chi connectivity index (χ4n) is 2.04. The van der Waals surface area contributed by atoms with Gasteiger partial charge >= 0.3 is 0 Å². The fourth-order valence-corrected chi connectivity index (χ4v) is 2.04. The predicted octanol–water partition coefficient (Wildman–Crippen LogP) is 3.26. The Morgan fingerprint density at radius 2 is 2.05 bits per heavy atom. The standard InChI is InChI=1S/C15H12FN3O/c1-9-6-7-13(11(16)8-9)17-15(20)14-10-4-2-3-5-12(10)18-19-14/h2-8H,1H3,(H,17,20)(H,18,19). The lowest BCUT2D eigenvalue weighted by molar-refractivity contribution is 0.102. The molecule has 20 heavy (non-hydrogen) atoms. The summed E-state index contributed by atoms with van der Waals surface area (Å²) in [5, 5.41) is 9.99. The van der Waals surface area contributed by atoms with Gasteiger partial charge in [0.2, 0.25) is 0 Å². The Morgan fingerprint density at radius 1 is 1.25 bits per heavy atom. The van der Waals surface area contributed by atoms with E-state index < -0.39 is 11.7 Å². The molecule has 0 radical (unpaired) electrons. The summed E-state index contributed by atoms with van der Waals surface area (Å²) in [6.07, 6.45) is 0. The van der Waals surface area contributed by atoms with Gasteiger partial charge < -0.3 is 5.32 Å². The minimum absolute atomic E-state index is 0.146. The number of anilines is 1. The van der Waals surface area contributed by atoms with Crippen LogP contribution in [0.4, 0.5) is 10.1 Å². The summed E-state index contributed by atoms with van der Waals surface area (Å²) in [5.41, 5.74) is 1.96. The van der Waals surface area contributed by atoms with E-state index in [0.29, 0.717) is 5.39 Å². The monoisotopic (exact) mass is 269 g/mol. The van der Waals surface area contributed by atoms with E-state index >= 15 is 0 Å². The average molecular weight is 269 g/mol. The first-order valence-electron chi connectivity index (χ1n) is 6.16. The number of carbonyl (C=O) groups is 1. The van der Waals surface area contributed by atoms with Crippen LogP contribution in [-0.4, -0.2) is 16.1 Å². The van der Waals surface area contributed by atoms with Crippen LogP contribution in [0.25, 0.3) is 10.9 Å². The quantitative estimate of drug-likeness (QED) is 0.750. The molecule has 4 nitrogen and oxygen atoms in total. The fraction of sp³-hybridized carbons (Fsp3) is 0.0667. The molecule has 3 aromatic rings. The van der Waals surface area contributed by atoms with Crippen LogP contribution in [0.2, 0.25) is 0 Å². The third kappa shape index (κ3) is 2.14. The minimum atomic E-state index is -0.460. The molecular formula is C15H12FN3O. The van der Waals surface area contributed by atoms with Crippen LogP contribution in [0.5, 0.6) is 0 Å². The Hall–Kier alpha value is -2.69. The molecule has 0 atom stereocenters. The van der Waals surface area contributed by atoms with Crippen molar-refractivity contribution in [3.05, 3.63) is 59.5 Å². The molecule has 1 amide bonds. The topological polar surface area (TPSA) is 57.8 Å². The molecule has 0 spiro atoms. The van der Waals surface area contributed by atoms with Gasteiger partial charge in [0.05, 0.1) is 11.2 Å². The zero-order valence-corrected chi connectivity index (χ0v) is 10.8. The molecule has 1 aromatic heterocycles. The summed E-state index contributed by atoms with van der Waals surface area (Å²) in [4.78, 5) is 12.2. The summed E-state index contributed by atoms with van der Waals surface area (Å²) in [7, 11) is 0. The molecule has 0 aliphatic rings. The largest absolute Gasteiger partial charge is 0.318 e. The van der Waals surface area contributed by atoms with Crippen molar-refractivity contribution in [3.8, 4) is 0 Å². The van der Waals surface area contributed by atoms with Crippen molar-refractivity contribution in [2.75, 3.05) is 5.32 Å². The molecule has 0 aliphatic heterocycles. The van der Waals surface area contributed by atoms with Gasteiger partial charge in [-0.3, -0.25) is 9.89 Å². The number of para-hydroxylation sites is 1. The first-order valence-corrected chi connectivity index (χ1v) is 6.16. The van der Waals surface area contributed by atoms with Gasteiger partial charge in [-0.1, -0.05) is 24.3 Å². The number of fused-ring (bicyclic) bond motifs is 1. The number of aryl methyl sites for hydroxylation is 1. The lowest BCUT2D eigenvalue weighted by Crippen LogP contribution is -2.13. The summed E-state index contributed by atoms with van der Waals surface area (Å²) < 4.78 is 13.7. The van der Waals surface area contributed by atoms with Gasteiger partial charge in [0, 0.05) is 5.39 Å². The molecule has 0 saturated heterocycles. The maximum Gasteiger partial charge on any atom is 0.276 e. The molecule has 2 aromatic carbocycles. The molecule has 0 bridgehead atoms. The zero-order chi connectivity index (χ0) is 14.1. The molecule has 0 fully saturated rings. The van der Waals surface area contributed by atoms with Gasteiger partial charge in [0.15, 0.2) is 5.69 Å². The number of benzene rings is 2. The maximum absolute atomic E-state index is 13.7. The summed E-state index contributed by atoms with van der Waals surface area (Å²) >= 11 is 0. The van der Waals surface area contributed by atoms with Gasteiger partial charge in [-0.15, -0.1) is 0 Å². The number of aromatic nitrogens is 2. The first kappa shape index (κ1) is 12.3. The highest BCUT2D eigenvalue weighted by atomic mass is 19.1. The van der Waals surface area contributed by atoms with Crippen molar-refractivity contribution in [2.24, 2.45) is 0 Å². The second-order valence-electron chi connectivity index (χ2n) is 4.56. The van der Waals surface area contributed by atoms with Gasteiger partial charge in [-0.2, -0.15) is 5.10 Å². The summed E-state index contributed by atoms with van der Waals surface area (Å²) in [5.74, 6) is -0.900. The Labute approximate surface area is 114 Å². The van der Waals surface area contributed by atoms with E-state index in [4.69, 9.17) is 0 Å². The van der Waals surface area contributed by atoms with Crippen LogP contribution < -0.4 is 5.32 Å². The molecule has 0 unspecified atom stereocenters. The van der Waals surface area contributed by atoms with Crippen molar-refractivity contribution < 1.29 is 9.18 Å². The SMILES string of the molecule is Cc1ccc(NC(=O)c2n[nH]c3ccccc23)c(F)c1. The number of amides is 1. The normalized spacial score (nSPS) is 10.7. The van der Waals surface area contributed by atoms with E-state index in [1.54, 1.807) is 19.1 Å². The molecule has 3 rings (SSSR count). The van der Waals surface area contributed by atoms with E-state index in [0.717, 1.165) is 11.1 Å². The molecule has 0 aliphatic carbocycles. The maximum atomic E-state index is 13.7. The zero-order valence-electron chi connectivity index (χ0n) is 10.8. The van der Waals surface area contributed by atoms with E-state index in [9.17, 15) is 9.18 Å². The third-order valence-electron chi connectivity index (χ3n) is 3.06. The van der Waals surface area contributed by atoms with Crippen LogP contribution in [0, 0.1) is 12.7 Å².